The molecular formula is C28H37N5O3. The highest BCUT2D eigenvalue weighted by molar-refractivity contribution is 5.93. The minimum absolute atomic E-state index is 0.474. The van der Waals surface area contributed by atoms with E-state index in [4.69, 9.17) is 9.72 Å². The SMILES string of the molecule is COCCN(CCCCc1ccc2c(n1)NCCC2)CC[C@H](Nc1nccc2ccccc12)C(=O)O. The predicted octanol–water partition coefficient (Wildman–Crippen LogP) is 4.21. The summed E-state index contributed by atoms with van der Waals surface area (Å²) in [6, 6.07) is 13.4. The van der Waals surface area contributed by atoms with Crippen molar-refractivity contribution in [1.82, 2.24) is 14.9 Å². The molecule has 0 fully saturated rings. The Morgan fingerprint density at radius 2 is 2.06 bits per heavy atom. The van der Waals surface area contributed by atoms with Crippen LogP contribution < -0.4 is 10.6 Å². The highest BCUT2D eigenvalue weighted by Gasteiger charge is 2.20. The molecule has 3 N–H and O–H groups in total. The van der Waals surface area contributed by atoms with E-state index in [1.807, 2.05) is 30.3 Å². The predicted molar refractivity (Wildman–Crippen MR) is 144 cm³/mol. The van der Waals surface area contributed by atoms with Crippen molar-refractivity contribution in [3.8, 4) is 0 Å². The number of carboxylic acid groups (broad SMARTS) is 1. The number of hydrogen-bond donors (Lipinski definition) is 3. The summed E-state index contributed by atoms with van der Waals surface area (Å²) in [6.45, 7) is 3.95. The van der Waals surface area contributed by atoms with Gasteiger partial charge in [0, 0.05) is 44.0 Å². The van der Waals surface area contributed by atoms with Crippen LogP contribution in [0.5, 0.6) is 0 Å². The summed E-state index contributed by atoms with van der Waals surface area (Å²) in [5.41, 5.74) is 2.44. The second-order valence-corrected chi connectivity index (χ2v) is 9.34. The zero-order chi connectivity index (χ0) is 25.2. The number of unbranched alkanes of at least 4 members (excludes halogenated alkanes) is 1. The second-order valence-electron chi connectivity index (χ2n) is 9.34. The number of benzene rings is 1. The molecule has 0 saturated heterocycles. The number of nitrogens with one attached hydrogen (secondary N) is 2. The average Bonchev–Trinajstić information content (AvgIpc) is 2.91. The van der Waals surface area contributed by atoms with Gasteiger partial charge in [0.05, 0.1) is 6.61 Å². The summed E-state index contributed by atoms with van der Waals surface area (Å²) >= 11 is 0. The van der Waals surface area contributed by atoms with E-state index < -0.39 is 12.0 Å². The van der Waals surface area contributed by atoms with Crippen molar-refractivity contribution in [1.29, 1.82) is 0 Å². The quantitative estimate of drug-likeness (QED) is 0.288. The standard InChI is InChI=1S/C28H37N5O3/c1-36-20-19-33(17-5-4-9-23-12-11-22-8-6-15-29-26(22)31-23)18-14-25(28(34)35)32-27-24-10-3-2-7-21(24)13-16-30-27/h2-3,7,10-13,16,25H,4-6,8-9,14-15,17-20H2,1H3,(H,29,31)(H,30,32)(H,34,35)/t25-/m0/s1. The van der Waals surface area contributed by atoms with Gasteiger partial charge in [0.1, 0.15) is 17.7 Å². The molecule has 2 aromatic heterocycles. The van der Waals surface area contributed by atoms with Gasteiger partial charge in [-0.25, -0.2) is 14.8 Å². The third-order valence-electron chi connectivity index (χ3n) is 6.74. The third-order valence-corrected chi connectivity index (χ3v) is 6.74. The molecule has 1 aromatic carbocycles. The molecule has 0 amide bonds. The van der Waals surface area contributed by atoms with Gasteiger partial charge in [0.2, 0.25) is 0 Å². The van der Waals surface area contributed by atoms with Gasteiger partial charge in [0.15, 0.2) is 0 Å². The lowest BCUT2D eigenvalue weighted by molar-refractivity contribution is -0.138. The summed E-state index contributed by atoms with van der Waals surface area (Å²) in [7, 11) is 1.70. The molecule has 3 aromatic rings. The van der Waals surface area contributed by atoms with E-state index in [1.54, 1.807) is 13.3 Å². The van der Waals surface area contributed by atoms with Crippen molar-refractivity contribution >= 4 is 28.4 Å². The number of aromatic nitrogens is 2. The number of methoxy groups -OCH3 is 1. The van der Waals surface area contributed by atoms with Gasteiger partial charge in [-0.15, -0.1) is 0 Å². The van der Waals surface area contributed by atoms with E-state index >= 15 is 0 Å². The fourth-order valence-electron chi connectivity index (χ4n) is 4.67. The number of aliphatic carboxylic acids is 1. The number of aryl methyl sites for hydroxylation is 2. The van der Waals surface area contributed by atoms with Gasteiger partial charge in [-0.1, -0.05) is 30.3 Å². The van der Waals surface area contributed by atoms with Gasteiger partial charge in [0.25, 0.3) is 0 Å². The fraction of sp³-hybridized carbons (Fsp3) is 0.464. The van der Waals surface area contributed by atoms with Gasteiger partial charge < -0.3 is 25.4 Å². The Morgan fingerprint density at radius 3 is 2.92 bits per heavy atom. The molecular weight excluding hydrogens is 454 g/mol. The van der Waals surface area contributed by atoms with E-state index in [0.29, 0.717) is 25.4 Å². The van der Waals surface area contributed by atoms with Crippen LogP contribution in [0.25, 0.3) is 10.8 Å². The average molecular weight is 492 g/mol. The Balaban J connectivity index is 1.29. The molecule has 36 heavy (non-hydrogen) atoms. The number of ether oxygens (including phenoxy) is 1. The smallest absolute Gasteiger partial charge is 0.326 e. The van der Waals surface area contributed by atoms with E-state index in [0.717, 1.165) is 67.6 Å². The molecule has 0 unspecified atom stereocenters. The largest absolute Gasteiger partial charge is 0.480 e. The molecule has 8 nitrogen and oxygen atoms in total. The summed E-state index contributed by atoms with van der Waals surface area (Å²) in [5.74, 6) is 0.785. The number of fused-ring (bicyclic) bond motifs is 2. The van der Waals surface area contributed by atoms with Crippen LogP contribution in [0.4, 0.5) is 11.6 Å². The summed E-state index contributed by atoms with van der Waals surface area (Å²) in [4.78, 5) is 23.5. The lowest BCUT2D eigenvalue weighted by Gasteiger charge is -2.24. The van der Waals surface area contributed by atoms with Crippen molar-refractivity contribution in [2.75, 3.05) is 50.5 Å². The number of hydrogen-bond acceptors (Lipinski definition) is 7. The second kappa shape index (κ2) is 13.2. The Labute approximate surface area is 213 Å². The molecule has 192 valence electrons. The summed E-state index contributed by atoms with van der Waals surface area (Å²) < 4.78 is 5.30. The van der Waals surface area contributed by atoms with Crippen molar-refractivity contribution in [2.24, 2.45) is 0 Å². The first-order chi connectivity index (χ1) is 17.6. The Morgan fingerprint density at radius 1 is 1.17 bits per heavy atom. The van der Waals surface area contributed by atoms with Crippen molar-refractivity contribution in [3.63, 3.8) is 0 Å². The molecule has 0 radical (unpaired) electrons. The zero-order valence-electron chi connectivity index (χ0n) is 21.1. The molecule has 1 atom stereocenters. The van der Waals surface area contributed by atoms with Gasteiger partial charge in [-0.2, -0.15) is 0 Å². The van der Waals surface area contributed by atoms with Crippen LogP contribution in [-0.2, 0) is 22.4 Å². The Bertz CT molecular complexity index is 1130. The first-order valence-electron chi connectivity index (χ1n) is 12.9. The molecule has 8 heteroatoms. The molecule has 1 aliphatic rings. The molecule has 0 bridgehead atoms. The lowest BCUT2D eigenvalue weighted by Crippen LogP contribution is -2.37. The highest BCUT2D eigenvalue weighted by atomic mass is 16.5. The van der Waals surface area contributed by atoms with Crippen LogP contribution in [0.15, 0.2) is 48.7 Å². The van der Waals surface area contributed by atoms with Crippen LogP contribution in [0.1, 0.15) is 36.9 Å². The first kappa shape index (κ1) is 25.9. The van der Waals surface area contributed by atoms with Crippen molar-refractivity contribution < 1.29 is 14.6 Å². The number of carbonyl (C=O) groups is 1. The number of pyridine rings is 2. The molecule has 3 heterocycles. The number of nitrogens with zero attached hydrogens (tertiary/aromatic N) is 3. The molecule has 4 rings (SSSR count). The lowest BCUT2D eigenvalue weighted by atomic mass is 10.1. The Hall–Kier alpha value is -3.23. The zero-order valence-corrected chi connectivity index (χ0v) is 21.1. The van der Waals surface area contributed by atoms with E-state index in [9.17, 15) is 9.90 Å². The maximum absolute atomic E-state index is 12.0. The number of anilines is 2. The number of rotatable bonds is 14. The van der Waals surface area contributed by atoms with Crippen LogP contribution in [0, 0.1) is 0 Å². The first-order valence-corrected chi connectivity index (χ1v) is 12.9. The maximum atomic E-state index is 12.0. The van der Waals surface area contributed by atoms with Crippen molar-refractivity contribution in [2.45, 2.75) is 44.6 Å². The maximum Gasteiger partial charge on any atom is 0.326 e. The van der Waals surface area contributed by atoms with Crippen LogP contribution >= 0.6 is 0 Å². The highest BCUT2D eigenvalue weighted by Crippen LogP contribution is 2.22. The summed E-state index contributed by atoms with van der Waals surface area (Å²) in [6.07, 6.45) is 7.46. The van der Waals surface area contributed by atoms with Crippen LogP contribution in [0.3, 0.4) is 0 Å². The Kier molecular flexibility index (Phi) is 9.47. The van der Waals surface area contributed by atoms with Crippen LogP contribution in [0.2, 0.25) is 0 Å². The molecule has 0 spiro atoms. The molecule has 0 aliphatic carbocycles. The minimum Gasteiger partial charge on any atom is -0.480 e. The topological polar surface area (TPSA) is 99.6 Å². The van der Waals surface area contributed by atoms with E-state index in [-0.39, 0.29) is 0 Å². The van der Waals surface area contributed by atoms with Crippen molar-refractivity contribution in [3.05, 3.63) is 59.9 Å². The van der Waals surface area contributed by atoms with Crippen LogP contribution in [-0.4, -0.2) is 71.9 Å². The fourth-order valence-corrected chi connectivity index (χ4v) is 4.67. The monoisotopic (exact) mass is 491 g/mol. The van der Waals surface area contributed by atoms with Gasteiger partial charge in [-0.3, -0.25) is 0 Å². The third kappa shape index (κ3) is 7.15. The van der Waals surface area contributed by atoms with Gasteiger partial charge in [-0.05, 0) is 68.2 Å². The minimum atomic E-state index is -0.872. The molecule has 0 saturated carbocycles. The van der Waals surface area contributed by atoms with E-state index in [1.165, 1.54) is 12.0 Å². The molecule has 1 aliphatic heterocycles. The normalized spacial score (nSPS) is 13.8. The number of carboxylic acids is 1. The van der Waals surface area contributed by atoms with E-state index in [2.05, 4.69) is 32.7 Å². The summed E-state index contributed by atoms with van der Waals surface area (Å²) in [5, 5.41) is 18.4. The van der Waals surface area contributed by atoms with Gasteiger partial charge >= 0.3 is 5.97 Å².